The maximum Gasteiger partial charge on any atom is 0.225 e. The van der Waals surface area contributed by atoms with E-state index in [9.17, 15) is 9.00 Å². The Hall–Kier alpha value is -1.67. The molecule has 1 atom stereocenters. The van der Waals surface area contributed by atoms with Crippen LogP contribution in [-0.2, 0) is 15.6 Å². The van der Waals surface area contributed by atoms with E-state index >= 15 is 0 Å². The number of hydrogen-bond donors (Lipinski definition) is 1. The van der Waals surface area contributed by atoms with Gasteiger partial charge in [0.05, 0.1) is 11.6 Å². The maximum absolute atomic E-state index is 11.6. The standard InChI is InChI=1S/C13H16N2O2S/c1-10(2)18(17)7-6-13(16)15-12-5-3-4-11(8-12)9-14/h3-5,8,10H,6-7H2,1-2H3,(H,15,16). The van der Waals surface area contributed by atoms with Crippen LogP contribution in [0.1, 0.15) is 25.8 Å². The molecule has 0 aliphatic rings. The van der Waals surface area contributed by atoms with E-state index in [1.807, 2.05) is 19.9 Å². The number of amides is 1. The summed E-state index contributed by atoms with van der Waals surface area (Å²) in [6.07, 6.45) is 0.224. The molecule has 1 aromatic carbocycles. The molecule has 1 amide bonds. The van der Waals surface area contributed by atoms with Gasteiger partial charge in [-0.2, -0.15) is 5.26 Å². The van der Waals surface area contributed by atoms with Crippen molar-refractivity contribution in [1.29, 1.82) is 5.26 Å². The van der Waals surface area contributed by atoms with Gasteiger partial charge >= 0.3 is 0 Å². The number of nitrogens with one attached hydrogen (secondary N) is 1. The zero-order valence-electron chi connectivity index (χ0n) is 10.5. The van der Waals surface area contributed by atoms with Crippen LogP contribution in [-0.4, -0.2) is 21.1 Å². The largest absolute Gasteiger partial charge is 0.326 e. The normalized spacial score (nSPS) is 11.9. The van der Waals surface area contributed by atoms with Gasteiger partial charge in [-0.3, -0.25) is 9.00 Å². The van der Waals surface area contributed by atoms with E-state index in [0.29, 0.717) is 17.0 Å². The molecule has 0 bridgehead atoms. The summed E-state index contributed by atoms with van der Waals surface area (Å²) >= 11 is 0. The third-order valence-corrected chi connectivity index (χ3v) is 3.99. The molecule has 0 radical (unpaired) electrons. The minimum atomic E-state index is -0.969. The van der Waals surface area contributed by atoms with Gasteiger partial charge in [0, 0.05) is 33.9 Å². The van der Waals surface area contributed by atoms with Gasteiger partial charge in [0.1, 0.15) is 0 Å². The fourth-order valence-electron chi connectivity index (χ4n) is 1.32. The van der Waals surface area contributed by atoms with Crippen LogP contribution in [0.25, 0.3) is 0 Å². The van der Waals surface area contributed by atoms with Crippen LogP contribution < -0.4 is 5.32 Å². The molecular weight excluding hydrogens is 248 g/mol. The van der Waals surface area contributed by atoms with E-state index in [2.05, 4.69) is 5.32 Å². The highest BCUT2D eigenvalue weighted by Gasteiger charge is 2.09. The molecule has 1 aromatic rings. The number of rotatable bonds is 5. The summed E-state index contributed by atoms with van der Waals surface area (Å²) in [6, 6.07) is 8.71. The van der Waals surface area contributed by atoms with Crippen LogP contribution in [0.2, 0.25) is 0 Å². The number of nitrogens with zero attached hydrogens (tertiary/aromatic N) is 1. The van der Waals surface area contributed by atoms with Crippen molar-refractivity contribution in [2.24, 2.45) is 0 Å². The molecule has 1 rings (SSSR count). The third kappa shape index (κ3) is 4.68. The maximum atomic E-state index is 11.6. The third-order valence-electron chi connectivity index (χ3n) is 2.33. The van der Waals surface area contributed by atoms with Gasteiger partial charge < -0.3 is 5.32 Å². The summed E-state index contributed by atoms with van der Waals surface area (Å²) < 4.78 is 11.5. The Morgan fingerprint density at radius 3 is 2.83 bits per heavy atom. The Morgan fingerprint density at radius 1 is 1.50 bits per heavy atom. The lowest BCUT2D eigenvalue weighted by molar-refractivity contribution is -0.115. The molecule has 0 heterocycles. The highest BCUT2D eigenvalue weighted by Crippen LogP contribution is 2.10. The van der Waals surface area contributed by atoms with Crippen molar-refractivity contribution in [3.8, 4) is 6.07 Å². The SMILES string of the molecule is CC(C)S(=O)CCC(=O)Nc1cccc(C#N)c1. The van der Waals surface area contributed by atoms with Crippen LogP contribution in [0.3, 0.4) is 0 Å². The van der Waals surface area contributed by atoms with E-state index in [0.717, 1.165) is 0 Å². The van der Waals surface area contributed by atoms with E-state index in [-0.39, 0.29) is 17.6 Å². The molecule has 0 aromatic heterocycles. The minimum absolute atomic E-state index is 0.0692. The van der Waals surface area contributed by atoms with E-state index in [1.165, 1.54) is 0 Å². The number of nitriles is 1. The number of hydrogen-bond acceptors (Lipinski definition) is 3. The van der Waals surface area contributed by atoms with Gasteiger partial charge in [-0.25, -0.2) is 0 Å². The topological polar surface area (TPSA) is 70.0 Å². The number of anilines is 1. The first-order valence-corrected chi connectivity index (χ1v) is 7.08. The second-order valence-electron chi connectivity index (χ2n) is 4.12. The monoisotopic (exact) mass is 264 g/mol. The lowest BCUT2D eigenvalue weighted by atomic mass is 10.2. The molecule has 0 fully saturated rings. The minimum Gasteiger partial charge on any atom is -0.326 e. The second kappa shape index (κ2) is 6.92. The Bertz CT molecular complexity index is 492. The molecule has 5 heteroatoms. The fraction of sp³-hybridized carbons (Fsp3) is 0.385. The average Bonchev–Trinajstić information content (AvgIpc) is 2.36. The number of carbonyl (C=O) groups is 1. The first kappa shape index (κ1) is 14.4. The Balaban J connectivity index is 2.50. The van der Waals surface area contributed by atoms with Gasteiger partial charge in [-0.1, -0.05) is 19.9 Å². The summed E-state index contributed by atoms with van der Waals surface area (Å²) in [7, 11) is -0.969. The molecule has 1 N–H and O–H groups in total. The van der Waals surface area contributed by atoms with Crippen molar-refractivity contribution < 1.29 is 9.00 Å². The van der Waals surface area contributed by atoms with Gasteiger partial charge in [0.15, 0.2) is 0 Å². The van der Waals surface area contributed by atoms with E-state index < -0.39 is 10.8 Å². The highest BCUT2D eigenvalue weighted by atomic mass is 32.2. The van der Waals surface area contributed by atoms with Crippen LogP contribution in [0.4, 0.5) is 5.69 Å². The highest BCUT2D eigenvalue weighted by molar-refractivity contribution is 7.85. The molecule has 0 saturated carbocycles. The van der Waals surface area contributed by atoms with E-state index in [4.69, 9.17) is 5.26 Å². The van der Waals surface area contributed by atoms with Crippen molar-refractivity contribution in [2.45, 2.75) is 25.5 Å². The second-order valence-corrected chi connectivity index (χ2v) is 6.24. The predicted molar refractivity (Wildman–Crippen MR) is 72.5 cm³/mol. The Labute approximate surface area is 109 Å². The first-order chi connectivity index (χ1) is 8.52. The average molecular weight is 264 g/mol. The molecule has 0 spiro atoms. The number of benzene rings is 1. The molecule has 0 aliphatic heterocycles. The smallest absolute Gasteiger partial charge is 0.225 e. The Morgan fingerprint density at radius 2 is 2.22 bits per heavy atom. The summed E-state index contributed by atoms with van der Waals surface area (Å²) in [5.74, 6) is 0.181. The molecular formula is C13H16N2O2S. The summed E-state index contributed by atoms with van der Waals surface area (Å²) in [5.41, 5.74) is 1.09. The lowest BCUT2D eigenvalue weighted by Gasteiger charge is -2.07. The van der Waals surface area contributed by atoms with Crippen molar-refractivity contribution in [2.75, 3.05) is 11.1 Å². The quantitative estimate of drug-likeness (QED) is 0.884. The molecule has 0 aliphatic carbocycles. The molecule has 18 heavy (non-hydrogen) atoms. The van der Waals surface area contributed by atoms with Crippen molar-refractivity contribution >= 4 is 22.4 Å². The zero-order valence-corrected chi connectivity index (χ0v) is 11.3. The molecule has 1 unspecified atom stereocenters. The predicted octanol–water partition coefficient (Wildman–Crippen LogP) is 2.04. The first-order valence-electron chi connectivity index (χ1n) is 5.70. The van der Waals surface area contributed by atoms with Crippen molar-refractivity contribution in [3.05, 3.63) is 29.8 Å². The van der Waals surface area contributed by atoms with Crippen LogP contribution >= 0.6 is 0 Å². The van der Waals surface area contributed by atoms with Gasteiger partial charge in [0.25, 0.3) is 0 Å². The van der Waals surface area contributed by atoms with Gasteiger partial charge in [-0.05, 0) is 18.2 Å². The molecule has 4 nitrogen and oxygen atoms in total. The van der Waals surface area contributed by atoms with E-state index in [1.54, 1.807) is 24.3 Å². The molecule has 96 valence electrons. The summed E-state index contributed by atoms with van der Waals surface area (Å²) in [6.45, 7) is 3.73. The summed E-state index contributed by atoms with van der Waals surface area (Å²) in [4.78, 5) is 11.6. The van der Waals surface area contributed by atoms with Crippen LogP contribution in [0, 0.1) is 11.3 Å². The zero-order chi connectivity index (χ0) is 13.5. The van der Waals surface area contributed by atoms with Crippen LogP contribution in [0.15, 0.2) is 24.3 Å². The number of carbonyl (C=O) groups excluding carboxylic acids is 1. The fourth-order valence-corrected chi connectivity index (χ4v) is 2.18. The van der Waals surface area contributed by atoms with Crippen molar-refractivity contribution in [1.82, 2.24) is 0 Å². The molecule has 0 saturated heterocycles. The Kier molecular flexibility index (Phi) is 5.53. The van der Waals surface area contributed by atoms with Gasteiger partial charge in [0.2, 0.25) is 5.91 Å². The van der Waals surface area contributed by atoms with Gasteiger partial charge in [-0.15, -0.1) is 0 Å². The van der Waals surface area contributed by atoms with Crippen molar-refractivity contribution in [3.63, 3.8) is 0 Å². The summed E-state index contributed by atoms with van der Waals surface area (Å²) in [5, 5.41) is 11.5. The van der Waals surface area contributed by atoms with Crippen LogP contribution in [0.5, 0.6) is 0 Å². The lowest BCUT2D eigenvalue weighted by Crippen LogP contribution is -2.18.